The van der Waals surface area contributed by atoms with Gasteiger partial charge in [0.25, 0.3) is 0 Å². The van der Waals surface area contributed by atoms with Gasteiger partial charge in [-0.3, -0.25) is 0 Å². The van der Waals surface area contributed by atoms with Crippen LogP contribution in [0, 0.1) is 0 Å². The van der Waals surface area contributed by atoms with E-state index < -0.39 is 5.54 Å². The molecule has 1 aromatic heterocycles. The zero-order valence-electron chi connectivity index (χ0n) is 7.47. The van der Waals surface area contributed by atoms with Gasteiger partial charge in [-0.15, -0.1) is 0 Å². The molecule has 0 aliphatic carbocycles. The van der Waals surface area contributed by atoms with Crippen LogP contribution in [-0.2, 0) is 0 Å². The first-order chi connectivity index (χ1) is 6.14. The van der Waals surface area contributed by atoms with E-state index in [4.69, 9.17) is 10.8 Å². The van der Waals surface area contributed by atoms with E-state index in [-0.39, 0.29) is 6.61 Å². The summed E-state index contributed by atoms with van der Waals surface area (Å²) in [4.78, 5) is 8.06. The first-order valence-electron chi connectivity index (χ1n) is 3.94. The molecule has 13 heavy (non-hydrogen) atoms. The molecule has 0 aliphatic rings. The third-order valence-electron chi connectivity index (χ3n) is 1.43. The molecule has 1 heterocycles. The van der Waals surface area contributed by atoms with Crippen LogP contribution in [0.2, 0.25) is 0 Å². The van der Waals surface area contributed by atoms with Gasteiger partial charge in [0.1, 0.15) is 0 Å². The van der Waals surface area contributed by atoms with Gasteiger partial charge in [-0.25, -0.2) is 9.97 Å². The maximum atomic E-state index is 8.89. The molecular formula is C8H13N3OS. The van der Waals surface area contributed by atoms with Crippen LogP contribution in [-0.4, -0.2) is 33.0 Å². The molecule has 0 radical (unpaired) electrons. The first-order valence-corrected chi connectivity index (χ1v) is 4.92. The lowest BCUT2D eigenvalue weighted by Crippen LogP contribution is -2.42. The minimum Gasteiger partial charge on any atom is -0.394 e. The van der Waals surface area contributed by atoms with E-state index >= 15 is 0 Å². The van der Waals surface area contributed by atoms with E-state index in [1.165, 1.54) is 11.8 Å². The number of aliphatic hydroxyl groups is 1. The molecule has 0 saturated carbocycles. The van der Waals surface area contributed by atoms with E-state index in [0.29, 0.717) is 10.9 Å². The van der Waals surface area contributed by atoms with Gasteiger partial charge < -0.3 is 10.8 Å². The van der Waals surface area contributed by atoms with E-state index in [1.807, 2.05) is 0 Å². The molecule has 1 atom stereocenters. The molecule has 0 bridgehead atoms. The van der Waals surface area contributed by atoms with Gasteiger partial charge in [0.15, 0.2) is 5.16 Å². The molecule has 0 amide bonds. The second kappa shape index (κ2) is 4.55. The van der Waals surface area contributed by atoms with Crippen molar-refractivity contribution in [3.63, 3.8) is 0 Å². The van der Waals surface area contributed by atoms with Gasteiger partial charge in [-0.1, -0.05) is 11.8 Å². The van der Waals surface area contributed by atoms with Crippen LogP contribution in [0.4, 0.5) is 0 Å². The van der Waals surface area contributed by atoms with Crippen molar-refractivity contribution in [3.05, 3.63) is 18.5 Å². The number of hydrogen-bond donors (Lipinski definition) is 2. The van der Waals surface area contributed by atoms with Crippen LogP contribution in [0.15, 0.2) is 23.6 Å². The van der Waals surface area contributed by atoms with E-state index in [0.717, 1.165) is 0 Å². The topological polar surface area (TPSA) is 72.0 Å². The van der Waals surface area contributed by atoms with Crippen LogP contribution in [0.25, 0.3) is 0 Å². The molecule has 4 nitrogen and oxygen atoms in total. The van der Waals surface area contributed by atoms with E-state index in [9.17, 15) is 0 Å². The predicted molar refractivity (Wildman–Crippen MR) is 52.4 cm³/mol. The van der Waals surface area contributed by atoms with Gasteiger partial charge in [0, 0.05) is 23.7 Å². The lowest BCUT2D eigenvalue weighted by molar-refractivity contribution is 0.224. The second-order valence-electron chi connectivity index (χ2n) is 3.13. The Kier molecular flexibility index (Phi) is 3.65. The number of rotatable bonds is 4. The third kappa shape index (κ3) is 3.71. The number of hydrogen-bond acceptors (Lipinski definition) is 5. The number of nitrogens with zero attached hydrogens (tertiary/aromatic N) is 2. The number of aromatic nitrogens is 2. The van der Waals surface area contributed by atoms with Gasteiger partial charge >= 0.3 is 0 Å². The van der Waals surface area contributed by atoms with Crippen LogP contribution in [0.1, 0.15) is 6.92 Å². The molecule has 1 aromatic rings. The van der Waals surface area contributed by atoms with Crippen LogP contribution in [0.5, 0.6) is 0 Å². The lowest BCUT2D eigenvalue weighted by Gasteiger charge is -2.19. The SMILES string of the molecule is CC(N)(CO)CSc1ncccn1. The Morgan fingerprint density at radius 3 is 2.69 bits per heavy atom. The van der Waals surface area contributed by atoms with E-state index in [2.05, 4.69) is 9.97 Å². The minimum atomic E-state index is -0.566. The van der Waals surface area contributed by atoms with Gasteiger partial charge in [-0.05, 0) is 13.0 Å². The van der Waals surface area contributed by atoms with Crippen LogP contribution < -0.4 is 5.73 Å². The Morgan fingerprint density at radius 1 is 1.54 bits per heavy atom. The molecule has 1 unspecified atom stereocenters. The van der Waals surface area contributed by atoms with Crippen molar-refractivity contribution in [1.29, 1.82) is 0 Å². The monoisotopic (exact) mass is 199 g/mol. The summed E-state index contributed by atoms with van der Waals surface area (Å²) in [6, 6.07) is 1.76. The second-order valence-corrected chi connectivity index (χ2v) is 4.07. The molecule has 0 spiro atoms. The summed E-state index contributed by atoms with van der Waals surface area (Å²) in [6.07, 6.45) is 3.37. The summed E-state index contributed by atoms with van der Waals surface area (Å²) in [7, 11) is 0. The van der Waals surface area contributed by atoms with Crippen molar-refractivity contribution >= 4 is 11.8 Å². The highest BCUT2D eigenvalue weighted by Crippen LogP contribution is 2.16. The molecule has 5 heteroatoms. The Labute approximate surface area is 81.6 Å². The van der Waals surface area contributed by atoms with E-state index in [1.54, 1.807) is 25.4 Å². The average molecular weight is 199 g/mol. The zero-order valence-corrected chi connectivity index (χ0v) is 8.29. The maximum absolute atomic E-state index is 8.89. The summed E-state index contributed by atoms with van der Waals surface area (Å²) in [5.74, 6) is 0.605. The number of aliphatic hydroxyl groups excluding tert-OH is 1. The normalized spacial score (nSPS) is 15.3. The minimum absolute atomic E-state index is 0.0349. The highest BCUT2D eigenvalue weighted by atomic mass is 32.2. The maximum Gasteiger partial charge on any atom is 0.187 e. The number of thioether (sulfide) groups is 1. The molecule has 0 fully saturated rings. The molecule has 1 rings (SSSR count). The van der Waals surface area contributed by atoms with Crippen molar-refractivity contribution in [2.75, 3.05) is 12.4 Å². The highest BCUT2D eigenvalue weighted by molar-refractivity contribution is 7.99. The summed E-state index contributed by atoms with van der Waals surface area (Å²) < 4.78 is 0. The van der Waals surface area contributed by atoms with Crippen molar-refractivity contribution in [1.82, 2.24) is 9.97 Å². The molecule has 3 N–H and O–H groups in total. The summed E-state index contributed by atoms with van der Waals surface area (Å²) in [5, 5.41) is 9.58. The fourth-order valence-electron chi connectivity index (χ4n) is 0.635. The Balaban J connectivity index is 2.44. The number of nitrogens with two attached hydrogens (primary N) is 1. The Morgan fingerprint density at radius 2 is 2.15 bits per heavy atom. The molecule has 0 saturated heterocycles. The standard InChI is InChI=1S/C8H13N3OS/c1-8(9,5-12)6-13-7-10-3-2-4-11-7/h2-4,12H,5-6,9H2,1H3. The Bertz CT molecular complexity index is 253. The largest absolute Gasteiger partial charge is 0.394 e. The van der Waals surface area contributed by atoms with Crippen molar-refractivity contribution in [3.8, 4) is 0 Å². The highest BCUT2D eigenvalue weighted by Gasteiger charge is 2.17. The third-order valence-corrected chi connectivity index (χ3v) is 2.71. The van der Waals surface area contributed by atoms with Crippen molar-refractivity contribution in [2.45, 2.75) is 17.6 Å². The van der Waals surface area contributed by atoms with Gasteiger partial charge in [0.2, 0.25) is 0 Å². The average Bonchev–Trinajstić information content (AvgIpc) is 2.17. The summed E-state index contributed by atoms with van der Waals surface area (Å²) in [5.41, 5.74) is 5.17. The van der Waals surface area contributed by atoms with Crippen LogP contribution in [0.3, 0.4) is 0 Å². The predicted octanol–water partition coefficient (Wildman–Crippen LogP) is 0.278. The van der Waals surface area contributed by atoms with Crippen molar-refractivity contribution < 1.29 is 5.11 Å². The summed E-state index contributed by atoms with van der Waals surface area (Å²) >= 11 is 1.44. The smallest absolute Gasteiger partial charge is 0.187 e. The lowest BCUT2D eigenvalue weighted by atomic mass is 10.1. The van der Waals surface area contributed by atoms with Gasteiger partial charge in [-0.2, -0.15) is 0 Å². The zero-order chi connectivity index (χ0) is 9.73. The fraction of sp³-hybridized carbons (Fsp3) is 0.500. The molecule has 0 aliphatic heterocycles. The van der Waals surface area contributed by atoms with Gasteiger partial charge in [0.05, 0.1) is 6.61 Å². The molecular weight excluding hydrogens is 186 g/mol. The fourth-order valence-corrected chi connectivity index (χ4v) is 1.46. The quantitative estimate of drug-likeness (QED) is 0.538. The van der Waals surface area contributed by atoms with Crippen molar-refractivity contribution in [2.24, 2.45) is 5.73 Å². The Hall–Kier alpha value is -0.650. The first kappa shape index (κ1) is 10.4. The molecule has 72 valence electrons. The summed E-state index contributed by atoms with van der Waals surface area (Å²) in [6.45, 7) is 1.76. The molecule has 0 aromatic carbocycles. The van der Waals surface area contributed by atoms with Crippen LogP contribution >= 0.6 is 11.8 Å².